The van der Waals surface area contributed by atoms with Gasteiger partial charge in [-0.15, -0.1) is 0 Å². The van der Waals surface area contributed by atoms with Crippen molar-refractivity contribution in [1.29, 1.82) is 0 Å². The number of benzene rings is 1. The summed E-state index contributed by atoms with van der Waals surface area (Å²) in [4.78, 5) is 0. The van der Waals surface area contributed by atoms with Gasteiger partial charge in [0.15, 0.2) is 0 Å². The molecule has 0 aromatic heterocycles. The van der Waals surface area contributed by atoms with Crippen molar-refractivity contribution in [2.24, 2.45) is 23.7 Å². The minimum Gasteiger partial charge on any atom is -0.385 e. The predicted octanol–water partition coefficient (Wildman–Crippen LogP) is 4.60. The summed E-state index contributed by atoms with van der Waals surface area (Å²) in [6, 6.07) is 8.90. The molecular weight excluding hydrogens is 256 g/mol. The molecule has 5 fully saturated rings. The molecule has 0 heterocycles. The average molecular weight is 282 g/mol. The van der Waals surface area contributed by atoms with Crippen molar-refractivity contribution in [3.05, 3.63) is 35.4 Å². The lowest BCUT2D eigenvalue weighted by Crippen LogP contribution is -2.56. The van der Waals surface area contributed by atoms with Gasteiger partial charge in [0.25, 0.3) is 0 Å². The molecule has 1 nitrogen and oxygen atoms in total. The lowest BCUT2D eigenvalue weighted by atomic mass is 9.48. The summed E-state index contributed by atoms with van der Waals surface area (Å²) >= 11 is 0. The Hall–Kier alpha value is -0.820. The first-order chi connectivity index (χ1) is 10.2. The Morgan fingerprint density at radius 3 is 2.05 bits per heavy atom. The Bertz CT molecular complexity index is 529. The Kier molecular flexibility index (Phi) is 2.63. The van der Waals surface area contributed by atoms with Crippen molar-refractivity contribution < 1.29 is 5.11 Å². The molecule has 0 amide bonds. The van der Waals surface area contributed by atoms with Crippen molar-refractivity contribution in [2.75, 3.05) is 0 Å². The second-order valence-corrected chi connectivity index (χ2v) is 8.34. The van der Waals surface area contributed by atoms with E-state index in [1.165, 1.54) is 62.5 Å². The topological polar surface area (TPSA) is 20.2 Å². The predicted molar refractivity (Wildman–Crippen MR) is 84.0 cm³/mol. The molecule has 0 aliphatic heterocycles. The van der Waals surface area contributed by atoms with Crippen LogP contribution in [0.2, 0.25) is 0 Å². The zero-order valence-corrected chi connectivity index (χ0v) is 12.8. The largest absolute Gasteiger partial charge is 0.385 e. The zero-order valence-electron chi connectivity index (χ0n) is 12.8. The summed E-state index contributed by atoms with van der Waals surface area (Å²) in [5, 5.41) is 11.8. The molecule has 5 aliphatic carbocycles. The molecule has 5 aliphatic rings. The van der Waals surface area contributed by atoms with Crippen LogP contribution in [0.4, 0.5) is 0 Å². The van der Waals surface area contributed by atoms with Gasteiger partial charge in [0.1, 0.15) is 0 Å². The highest BCUT2D eigenvalue weighted by Gasteiger charge is 2.57. The maximum Gasteiger partial charge on any atom is 0.0955 e. The Morgan fingerprint density at radius 2 is 1.48 bits per heavy atom. The minimum atomic E-state index is -0.500. The van der Waals surface area contributed by atoms with Gasteiger partial charge >= 0.3 is 0 Å². The summed E-state index contributed by atoms with van der Waals surface area (Å²) < 4.78 is 0. The molecule has 0 unspecified atom stereocenters. The first kappa shape index (κ1) is 12.7. The van der Waals surface area contributed by atoms with E-state index in [0.29, 0.717) is 11.8 Å². The van der Waals surface area contributed by atoms with Crippen LogP contribution in [0.1, 0.15) is 68.4 Å². The van der Waals surface area contributed by atoms with Crippen molar-refractivity contribution in [1.82, 2.24) is 0 Å². The van der Waals surface area contributed by atoms with E-state index >= 15 is 0 Å². The number of rotatable bonds is 2. The van der Waals surface area contributed by atoms with E-state index in [1.54, 1.807) is 0 Å². The monoisotopic (exact) mass is 282 g/mol. The molecule has 5 saturated carbocycles. The molecule has 1 aromatic rings. The lowest BCUT2D eigenvalue weighted by molar-refractivity contribution is -0.180. The van der Waals surface area contributed by atoms with Crippen LogP contribution in [-0.4, -0.2) is 5.11 Å². The third kappa shape index (κ3) is 1.67. The van der Waals surface area contributed by atoms with Gasteiger partial charge in [-0.25, -0.2) is 0 Å². The molecule has 6 rings (SSSR count). The summed E-state index contributed by atoms with van der Waals surface area (Å²) in [5.74, 6) is 3.64. The summed E-state index contributed by atoms with van der Waals surface area (Å²) in [5.41, 5.74) is 2.31. The second kappa shape index (κ2) is 4.35. The normalized spacial score (nSPS) is 44.8. The molecule has 1 N–H and O–H groups in total. The summed E-state index contributed by atoms with van der Waals surface area (Å²) in [6.45, 7) is 0. The Labute approximate surface area is 127 Å². The van der Waals surface area contributed by atoms with Gasteiger partial charge < -0.3 is 5.11 Å². The van der Waals surface area contributed by atoms with E-state index in [9.17, 15) is 5.11 Å². The average Bonchev–Trinajstić information content (AvgIpc) is 2.42. The first-order valence-electron chi connectivity index (χ1n) is 9.07. The minimum absolute atomic E-state index is 0.500. The summed E-state index contributed by atoms with van der Waals surface area (Å²) in [7, 11) is 0. The smallest absolute Gasteiger partial charge is 0.0955 e. The van der Waals surface area contributed by atoms with E-state index in [0.717, 1.165) is 17.8 Å². The van der Waals surface area contributed by atoms with E-state index in [1.807, 2.05) is 0 Å². The van der Waals surface area contributed by atoms with Gasteiger partial charge in [0.05, 0.1) is 5.60 Å². The van der Waals surface area contributed by atoms with E-state index in [4.69, 9.17) is 0 Å². The molecule has 0 spiro atoms. The lowest BCUT2D eigenvalue weighted by Gasteiger charge is -2.59. The maximum absolute atomic E-state index is 11.8. The van der Waals surface area contributed by atoms with Crippen LogP contribution >= 0.6 is 0 Å². The SMILES string of the molecule is OC1(c2ccccc2C2CCC2)C2CC3CC(C2)CC1C3. The number of hydrogen-bond acceptors (Lipinski definition) is 1. The third-order valence-corrected chi connectivity index (χ3v) is 7.32. The van der Waals surface area contributed by atoms with E-state index in [2.05, 4.69) is 24.3 Å². The van der Waals surface area contributed by atoms with Crippen LogP contribution < -0.4 is 0 Å². The van der Waals surface area contributed by atoms with Crippen molar-refractivity contribution >= 4 is 0 Å². The highest BCUT2D eigenvalue weighted by Crippen LogP contribution is 2.62. The first-order valence-corrected chi connectivity index (χ1v) is 9.07. The van der Waals surface area contributed by atoms with Gasteiger partial charge in [0, 0.05) is 0 Å². The molecular formula is C20H26O. The summed E-state index contributed by atoms with van der Waals surface area (Å²) in [6.07, 6.45) is 10.6. The van der Waals surface area contributed by atoms with E-state index < -0.39 is 5.60 Å². The fourth-order valence-electron chi connectivity index (χ4n) is 6.28. The Balaban J connectivity index is 1.60. The number of aliphatic hydroxyl groups is 1. The quantitative estimate of drug-likeness (QED) is 0.840. The third-order valence-electron chi connectivity index (χ3n) is 7.32. The molecule has 1 heteroatoms. The van der Waals surface area contributed by atoms with Gasteiger partial charge in [-0.3, -0.25) is 0 Å². The molecule has 112 valence electrons. The molecule has 0 radical (unpaired) electrons. The molecule has 0 saturated heterocycles. The fraction of sp³-hybridized carbons (Fsp3) is 0.700. The van der Waals surface area contributed by atoms with E-state index in [-0.39, 0.29) is 0 Å². The van der Waals surface area contributed by atoms with Crippen molar-refractivity contribution in [3.63, 3.8) is 0 Å². The fourth-order valence-corrected chi connectivity index (χ4v) is 6.28. The highest BCUT2D eigenvalue weighted by atomic mass is 16.3. The standard InChI is InChI=1S/C20H26O/c21-20(16-9-13-8-14(11-16)12-17(20)10-13)19-7-2-1-6-18(19)15-4-3-5-15/h1-2,6-7,13-17,21H,3-5,8-12H2. The molecule has 4 bridgehead atoms. The van der Waals surface area contributed by atoms with Gasteiger partial charge in [0.2, 0.25) is 0 Å². The molecule has 0 atom stereocenters. The van der Waals surface area contributed by atoms with Crippen LogP contribution in [0.25, 0.3) is 0 Å². The van der Waals surface area contributed by atoms with Crippen LogP contribution in [0.15, 0.2) is 24.3 Å². The Morgan fingerprint density at radius 1 is 0.857 bits per heavy atom. The zero-order chi connectivity index (χ0) is 14.0. The van der Waals surface area contributed by atoms with Crippen molar-refractivity contribution in [2.45, 2.75) is 62.9 Å². The molecule has 21 heavy (non-hydrogen) atoms. The van der Waals surface area contributed by atoms with Gasteiger partial charge in [-0.1, -0.05) is 30.7 Å². The maximum atomic E-state index is 11.8. The second-order valence-electron chi connectivity index (χ2n) is 8.34. The number of hydrogen-bond donors (Lipinski definition) is 1. The van der Waals surface area contributed by atoms with Gasteiger partial charge in [-0.05, 0) is 85.7 Å². The van der Waals surface area contributed by atoms with Crippen LogP contribution in [0, 0.1) is 23.7 Å². The molecule has 1 aromatic carbocycles. The van der Waals surface area contributed by atoms with Crippen LogP contribution in [0.5, 0.6) is 0 Å². The highest BCUT2D eigenvalue weighted by molar-refractivity contribution is 5.38. The van der Waals surface area contributed by atoms with Crippen LogP contribution in [-0.2, 0) is 5.60 Å². The van der Waals surface area contributed by atoms with Crippen molar-refractivity contribution in [3.8, 4) is 0 Å². The van der Waals surface area contributed by atoms with Gasteiger partial charge in [-0.2, -0.15) is 0 Å². The van der Waals surface area contributed by atoms with Crippen LogP contribution in [0.3, 0.4) is 0 Å².